The quantitative estimate of drug-likeness (QED) is 0.287. The largest absolute Gasteiger partial charge is 0.497 e. The van der Waals surface area contributed by atoms with Crippen molar-refractivity contribution in [2.45, 2.75) is 32.4 Å². The van der Waals surface area contributed by atoms with E-state index >= 15 is 0 Å². The van der Waals surface area contributed by atoms with E-state index in [1.54, 1.807) is 7.11 Å². The monoisotopic (exact) mass is 483 g/mol. The minimum absolute atomic E-state index is 0.554. The van der Waals surface area contributed by atoms with Gasteiger partial charge in [-0.15, -0.1) is 0 Å². The van der Waals surface area contributed by atoms with Crippen molar-refractivity contribution in [3.8, 4) is 23.1 Å². The molecule has 3 aromatic carbocycles. The number of hydrogen-bond donors (Lipinski definition) is 1. The third-order valence-corrected chi connectivity index (χ3v) is 6.62. The van der Waals surface area contributed by atoms with E-state index in [2.05, 4.69) is 4.90 Å². The summed E-state index contributed by atoms with van der Waals surface area (Å²) in [5.74, 6) is 2.87. The fourth-order valence-corrected chi connectivity index (χ4v) is 4.44. The molecule has 186 valence electrons. The Morgan fingerprint density at radius 3 is 2.22 bits per heavy atom. The van der Waals surface area contributed by atoms with Crippen molar-refractivity contribution < 1.29 is 14.6 Å². The van der Waals surface area contributed by atoms with Crippen LogP contribution in [-0.2, 0) is 6.54 Å². The zero-order chi connectivity index (χ0) is 24.9. The molecule has 1 heterocycles. The van der Waals surface area contributed by atoms with Gasteiger partial charge in [0.05, 0.1) is 30.2 Å². The number of benzene rings is 3. The Labute approximate surface area is 212 Å². The van der Waals surface area contributed by atoms with Gasteiger partial charge in [0.1, 0.15) is 11.5 Å². The molecular weight excluding hydrogens is 450 g/mol. The molecule has 0 radical (unpaired) electrons. The Bertz CT molecular complexity index is 1250. The predicted molar refractivity (Wildman–Crippen MR) is 141 cm³/mol. The summed E-state index contributed by atoms with van der Waals surface area (Å²) < 4.78 is 13.7. The number of hydrogen-bond acceptors (Lipinski definition) is 5. The summed E-state index contributed by atoms with van der Waals surface area (Å²) in [6.07, 6.45) is 1.94. The predicted octanol–water partition coefficient (Wildman–Crippen LogP) is 5.93. The number of aliphatic hydroxyl groups excluding tert-OH is 1. The minimum Gasteiger partial charge on any atom is -0.497 e. The number of aryl methyl sites for hydroxylation is 1. The van der Waals surface area contributed by atoms with E-state index in [1.807, 2.05) is 96.5 Å². The zero-order valence-electron chi connectivity index (χ0n) is 20.9. The highest BCUT2D eigenvalue weighted by molar-refractivity contribution is 5.44. The Kier molecular flexibility index (Phi) is 7.35. The van der Waals surface area contributed by atoms with Gasteiger partial charge >= 0.3 is 0 Å². The van der Waals surface area contributed by atoms with Crippen LogP contribution in [0.15, 0.2) is 84.9 Å². The first kappa shape index (κ1) is 24.1. The zero-order valence-corrected chi connectivity index (χ0v) is 20.9. The maximum Gasteiger partial charge on any atom is 0.227 e. The molecule has 0 amide bonds. The van der Waals surface area contributed by atoms with E-state index in [1.165, 1.54) is 12.8 Å². The van der Waals surface area contributed by atoms with Gasteiger partial charge < -0.3 is 14.6 Å². The summed E-state index contributed by atoms with van der Waals surface area (Å²) in [6, 6.07) is 27.5. The van der Waals surface area contributed by atoms with Crippen LogP contribution < -0.4 is 9.47 Å². The lowest BCUT2D eigenvalue weighted by molar-refractivity contribution is 0.105. The van der Waals surface area contributed by atoms with Crippen LogP contribution in [0.1, 0.15) is 35.8 Å². The van der Waals surface area contributed by atoms with Crippen molar-refractivity contribution >= 4 is 0 Å². The fraction of sp³-hybridized carbons (Fsp3) is 0.300. The SMILES string of the molecule is COc1ccc(Oc2c(CN(CC3CC3)C[C@@H](O)c3ccccc3)c(C)nn2-c2ccccc2)cc1. The number of aromatic nitrogens is 2. The van der Waals surface area contributed by atoms with Gasteiger partial charge in [0.2, 0.25) is 5.88 Å². The molecule has 1 aliphatic rings. The first-order chi connectivity index (χ1) is 17.6. The van der Waals surface area contributed by atoms with Crippen molar-refractivity contribution in [1.29, 1.82) is 0 Å². The molecule has 0 saturated heterocycles. The third kappa shape index (κ3) is 5.78. The second-order valence-electron chi connectivity index (χ2n) is 9.46. The van der Waals surface area contributed by atoms with Gasteiger partial charge in [-0.3, -0.25) is 4.90 Å². The van der Waals surface area contributed by atoms with Crippen molar-refractivity contribution in [2.75, 3.05) is 20.2 Å². The second kappa shape index (κ2) is 11.0. The van der Waals surface area contributed by atoms with E-state index in [4.69, 9.17) is 14.6 Å². The topological polar surface area (TPSA) is 59.8 Å². The number of methoxy groups -OCH3 is 1. The van der Waals surface area contributed by atoms with Crippen LogP contribution in [0.2, 0.25) is 0 Å². The fourth-order valence-electron chi connectivity index (χ4n) is 4.44. The number of para-hydroxylation sites is 1. The maximum atomic E-state index is 11.0. The lowest BCUT2D eigenvalue weighted by Gasteiger charge is -2.25. The van der Waals surface area contributed by atoms with Gasteiger partial charge in [0.25, 0.3) is 0 Å². The first-order valence-electron chi connectivity index (χ1n) is 12.5. The Balaban J connectivity index is 1.47. The van der Waals surface area contributed by atoms with Crippen LogP contribution in [0.25, 0.3) is 5.69 Å². The van der Waals surface area contributed by atoms with Crippen molar-refractivity contribution in [3.63, 3.8) is 0 Å². The summed E-state index contributed by atoms with van der Waals surface area (Å²) in [5.41, 5.74) is 3.81. The first-order valence-corrected chi connectivity index (χ1v) is 12.5. The van der Waals surface area contributed by atoms with E-state index in [9.17, 15) is 5.11 Å². The Morgan fingerprint density at radius 1 is 0.944 bits per heavy atom. The van der Waals surface area contributed by atoms with Crippen molar-refractivity contribution in [3.05, 3.63) is 102 Å². The van der Waals surface area contributed by atoms with Gasteiger partial charge in [-0.1, -0.05) is 48.5 Å². The maximum absolute atomic E-state index is 11.0. The van der Waals surface area contributed by atoms with Crippen molar-refractivity contribution in [2.24, 2.45) is 5.92 Å². The molecule has 1 atom stereocenters. The molecule has 1 aliphatic carbocycles. The summed E-state index contributed by atoms with van der Waals surface area (Å²) in [6.45, 7) is 4.17. The summed E-state index contributed by atoms with van der Waals surface area (Å²) in [7, 11) is 1.65. The summed E-state index contributed by atoms with van der Waals surface area (Å²) in [5, 5.41) is 15.9. The lowest BCUT2D eigenvalue weighted by Crippen LogP contribution is -2.30. The number of rotatable bonds is 11. The molecule has 1 N–H and O–H groups in total. The number of ether oxygens (including phenoxy) is 2. The van der Waals surface area contributed by atoms with Gasteiger partial charge in [-0.2, -0.15) is 5.10 Å². The molecule has 4 aromatic rings. The van der Waals surface area contributed by atoms with Crippen LogP contribution in [0.4, 0.5) is 0 Å². The summed E-state index contributed by atoms with van der Waals surface area (Å²) in [4.78, 5) is 2.34. The van der Waals surface area contributed by atoms with Crippen LogP contribution in [0.3, 0.4) is 0 Å². The molecule has 0 unspecified atom stereocenters. The highest BCUT2D eigenvalue weighted by atomic mass is 16.5. The second-order valence-corrected chi connectivity index (χ2v) is 9.46. The molecule has 1 saturated carbocycles. The average Bonchev–Trinajstić information content (AvgIpc) is 3.69. The molecule has 1 fully saturated rings. The highest BCUT2D eigenvalue weighted by Crippen LogP contribution is 2.35. The third-order valence-electron chi connectivity index (χ3n) is 6.62. The van der Waals surface area contributed by atoms with Crippen LogP contribution in [0.5, 0.6) is 17.4 Å². The Morgan fingerprint density at radius 2 is 1.58 bits per heavy atom. The van der Waals surface area contributed by atoms with Crippen LogP contribution in [-0.4, -0.2) is 40.0 Å². The van der Waals surface area contributed by atoms with Gasteiger partial charge in [-0.25, -0.2) is 4.68 Å². The van der Waals surface area contributed by atoms with Crippen molar-refractivity contribution in [1.82, 2.24) is 14.7 Å². The van der Waals surface area contributed by atoms with E-state index < -0.39 is 6.10 Å². The molecule has 6 nitrogen and oxygen atoms in total. The molecule has 6 heteroatoms. The lowest BCUT2D eigenvalue weighted by atomic mass is 10.1. The molecule has 36 heavy (non-hydrogen) atoms. The molecular formula is C30H33N3O3. The van der Waals surface area contributed by atoms with Gasteiger partial charge in [-0.05, 0) is 67.6 Å². The molecule has 0 spiro atoms. The van der Waals surface area contributed by atoms with Gasteiger partial charge in [0.15, 0.2) is 0 Å². The number of aliphatic hydroxyl groups is 1. The van der Waals surface area contributed by atoms with E-state index in [0.717, 1.165) is 34.8 Å². The minimum atomic E-state index is -0.555. The van der Waals surface area contributed by atoms with Crippen LogP contribution in [0, 0.1) is 12.8 Å². The average molecular weight is 484 g/mol. The molecule has 5 rings (SSSR count). The number of nitrogens with zero attached hydrogens (tertiary/aromatic N) is 3. The molecule has 0 aliphatic heterocycles. The van der Waals surface area contributed by atoms with E-state index in [0.29, 0.717) is 30.6 Å². The normalized spacial score (nSPS) is 14.1. The smallest absolute Gasteiger partial charge is 0.227 e. The summed E-state index contributed by atoms with van der Waals surface area (Å²) >= 11 is 0. The van der Waals surface area contributed by atoms with Crippen LogP contribution >= 0.6 is 0 Å². The molecule has 1 aromatic heterocycles. The van der Waals surface area contributed by atoms with E-state index in [-0.39, 0.29) is 0 Å². The standard InChI is InChI=1S/C30H33N3O3/c1-22-28(20-32(19-23-13-14-23)21-29(34)24-9-5-3-6-10-24)30(33(31-22)25-11-7-4-8-12-25)36-27-17-15-26(35-2)16-18-27/h3-12,15-18,23,29,34H,13-14,19-21H2,1-2H3/t29-/m1/s1. The molecule has 0 bridgehead atoms. The highest BCUT2D eigenvalue weighted by Gasteiger charge is 2.28. The Hall–Kier alpha value is -3.61. The van der Waals surface area contributed by atoms with Gasteiger partial charge in [0, 0.05) is 19.6 Å².